The van der Waals surface area contributed by atoms with Gasteiger partial charge in [0.05, 0.1) is 5.69 Å². The molecule has 166 valence electrons. The number of ether oxygens (including phenoxy) is 2. The molecule has 0 aliphatic carbocycles. The van der Waals surface area contributed by atoms with Gasteiger partial charge in [-0.15, -0.1) is 5.10 Å². The molecular weight excluding hydrogens is 435 g/mol. The molecule has 2 aliphatic rings. The molecule has 2 aliphatic heterocycles. The van der Waals surface area contributed by atoms with Crippen LogP contribution in [0.4, 0.5) is 10.1 Å². The first kappa shape index (κ1) is 21.8. The molecule has 8 nitrogen and oxygen atoms in total. The fourth-order valence-electron chi connectivity index (χ4n) is 3.12. The molecule has 10 heteroatoms. The van der Waals surface area contributed by atoms with Crippen LogP contribution in [0.3, 0.4) is 0 Å². The monoisotopic (exact) mass is 456 g/mol. The number of amides is 2. The van der Waals surface area contributed by atoms with Gasteiger partial charge in [0.2, 0.25) is 18.6 Å². The Morgan fingerprint density at radius 2 is 2.06 bits per heavy atom. The van der Waals surface area contributed by atoms with Crippen molar-refractivity contribution >= 4 is 40.1 Å². The average Bonchev–Trinajstić information content (AvgIpc) is 3.25. The summed E-state index contributed by atoms with van der Waals surface area (Å²) in [6.45, 7) is 2.08. The number of hydrogen-bond acceptors (Lipinski definition) is 7. The summed E-state index contributed by atoms with van der Waals surface area (Å²) in [5, 5.41) is 12.9. The van der Waals surface area contributed by atoms with Gasteiger partial charge in [0, 0.05) is 12.1 Å². The number of carbonyl (C=O) groups excluding carboxylic acids is 2. The number of aryl methyl sites for hydroxylation is 1. The molecule has 2 aromatic rings. The molecule has 32 heavy (non-hydrogen) atoms. The lowest BCUT2D eigenvalue weighted by atomic mass is 10.1. The smallest absolute Gasteiger partial charge is 0.238 e. The van der Waals surface area contributed by atoms with Crippen molar-refractivity contribution in [2.75, 3.05) is 12.1 Å². The number of para-hydroxylation sites is 1. The summed E-state index contributed by atoms with van der Waals surface area (Å²) < 4.78 is 24.5. The van der Waals surface area contributed by atoms with Gasteiger partial charge in [-0.3, -0.25) is 9.59 Å². The van der Waals surface area contributed by atoms with E-state index in [1.165, 1.54) is 18.2 Å². The summed E-state index contributed by atoms with van der Waals surface area (Å²) >= 11 is 1.08. The molecule has 0 saturated carbocycles. The zero-order valence-electron chi connectivity index (χ0n) is 17.3. The Labute approximate surface area is 188 Å². The second kappa shape index (κ2) is 9.82. The third-order valence-electron chi connectivity index (χ3n) is 4.82. The maximum absolute atomic E-state index is 13.8. The van der Waals surface area contributed by atoms with E-state index in [1.54, 1.807) is 6.07 Å². The Morgan fingerprint density at radius 3 is 2.91 bits per heavy atom. The Morgan fingerprint density at radius 1 is 1.25 bits per heavy atom. The highest BCUT2D eigenvalue weighted by Crippen LogP contribution is 2.32. The minimum Gasteiger partial charge on any atom is -0.454 e. The van der Waals surface area contributed by atoms with Crippen molar-refractivity contribution in [3.8, 4) is 11.5 Å². The summed E-state index contributed by atoms with van der Waals surface area (Å²) in [4.78, 5) is 24.5. The summed E-state index contributed by atoms with van der Waals surface area (Å²) in [5.41, 5.74) is 1.92. The molecule has 4 rings (SSSR count). The zero-order valence-corrected chi connectivity index (χ0v) is 18.1. The van der Waals surface area contributed by atoms with Gasteiger partial charge in [0.15, 0.2) is 16.7 Å². The Bertz CT molecular complexity index is 1110. The second-order valence-corrected chi connectivity index (χ2v) is 8.45. The van der Waals surface area contributed by atoms with Gasteiger partial charge in [-0.2, -0.15) is 5.10 Å². The van der Waals surface area contributed by atoms with Gasteiger partial charge in [0.25, 0.3) is 0 Å². The van der Waals surface area contributed by atoms with E-state index >= 15 is 0 Å². The number of nitrogens with one attached hydrogen (secondary N) is 2. The topological polar surface area (TPSA) is 101 Å². The predicted octanol–water partition coefficient (Wildman–Crippen LogP) is 3.48. The summed E-state index contributed by atoms with van der Waals surface area (Å²) in [5.74, 6) is 0.126. The van der Waals surface area contributed by atoms with E-state index in [-0.39, 0.29) is 30.0 Å². The number of thioether (sulfide) groups is 1. The number of rotatable bonds is 6. The van der Waals surface area contributed by atoms with Crippen molar-refractivity contribution in [3.05, 3.63) is 53.8 Å². The lowest BCUT2D eigenvalue weighted by Gasteiger charge is -2.21. The fraction of sp³-hybridized carbons (Fsp3) is 0.273. The third-order valence-corrected chi connectivity index (χ3v) is 5.89. The first-order chi connectivity index (χ1) is 15.5. The van der Waals surface area contributed by atoms with Gasteiger partial charge in [0.1, 0.15) is 11.1 Å². The van der Waals surface area contributed by atoms with E-state index in [9.17, 15) is 14.0 Å². The lowest BCUT2D eigenvalue weighted by molar-refractivity contribution is -0.123. The minimum absolute atomic E-state index is 0.0310. The first-order valence-electron chi connectivity index (χ1n) is 9.99. The van der Waals surface area contributed by atoms with Gasteiger partial charge in [-0.05, 0) is 49.6 Å². The number of benzene rings is 2. The van der Waals surface area contributed by atoms with Crippen LogP contribution >= 0.6 is 11.8 Å². The van der Waals surface area contributed by atoms with E-state index < -0.39 is 17.0 Å². The highest BCUT2D eigenvalue weighted by atomic mass is 32.2. The number of nitrogens with zero attached hydrogens (tertiary/aromatic N) is 2. The molecule has 0 aromatic heterocycles. The molecule has 0 radical (unpaired) electrons. The zero-order chi connectivity index (χ0) is 22.5. The molecule has 0 unspecified atom stereocenters. The van der Waals surface area contributed by atoms with Crippen molar-refractivity contribution in [2.45, 2.75) is 31.4 Å². The Hall–Kier alpha value is -3.40. The molecular formula is C22H21FN4O4S. The normalized spacial score (nSPS) is 19.1. The standard InChI is InChI=1S/C22H21FN4O4S/c1-13(6-7-14-8-9-17-18(10-14)31-12-30-17)26-27-22-25-20(28)11-19(32-22)21(29)24-16-5-3-2-4-15(16)23/h2-5,8-10,19H,6-7,11-12H2,1H3,(H,24,29)(H,25,27,28)/b26-13-/t19-/m1/s1. The maximum atomic E-state index is 13.8. The quantitative estimate of drug-likeness (QED) is 0.512. The molecule has 1 saturated heterocycles. The number of fused-ring (bicyclic) bond motifs is 1. The molecule has 2 heterocycles. The number of halogens is 1. The molecule has 0 bridgehead atoms. The van der Waals surface area contributed by atoms with Crippen LogP contribution in [0.2, 0.25) is 0 Å². The molecule has 2 N–H and O–H groups in total. The Balaban J connectivity index is 1.35. The van der Waals surface area contributed by atoms with Crippen LogP contribution in [0.15, 0.2) is 52.7 Å². The van der Waals surface area contributed by atoms with E-state index in [1.807, 2.05) is 25.1 Å². The van der Waals surface area contributed by atoms with Crippen molar-refractivity contribution in [1.29, 1.82) is 0 Å². The molecule has 1 fully saturated rings. The van der Waals surface area contributed by atoms with Gasteiger partial charge < -0.3 is 20.1 Å². The van der Waals surface area contributed by atoms with Crippen LogP contribution < -0.4 is 20.1 Å². The van der Waals surface area contributed by atoms with E-state index in [0.717, 1.165) is 41.0 Å². The van der Waals surface area contributed by atoms with Crippen molar-refractivity contribution in [1.82, 2.24) is 5.32 Å². The number of hydrogen-bond donors (Lipinski definition) is 2. The van der Waals surface area contributed by atoms with Crippen LogP contribution in [0.25, 0.3) is 0 Å². The minimum atomic E-state index is -0.730. The van der Waals surface area contributed by atoms with Gasteiger partial charge >= 0.3 is 0 Å². The molecule has 1 atom stereocenters. The predicted molar refractivity (Wildman–Crippen MR) is 121 cm³/mol. The Kier molecular flexibility index (Phi) is 6.69. The lowest BCUT2D eigenvalue weighted by Crippen LogP contribution is -2.42. The van der Waals surface area contributed by atoms with E-state index in [0.29, 0.717) is 6.42 Å². The van der Waals surface area contributed by atoms with Crippen molar-refractivity contribution in [3.63, 3.8) is 0 Å². The SMILES string of the molecule is C/C(CCc1ccc2c(c1)OCO2)=N/N=C1/NC(=O)C[C@H](C(=O)Nc2ccccc2F)S1. The molecule has 0 spiro atoms. The first-order valence-corrected chi connectivity index (χ1v) is 10.9. The highest BCUT2D eigenvalue weighted by Gasteiger charge is 2.30. The van der Waals surface area contributed by atoms with Crippen molar-refractivity contribution in [2.24, 2.45) is 10.2 Å². The number of carbonyl (C=O) groups is 2. The number of anilines is 1. The number of amidine groups is 1. The molecule has 2 aromatic carbocycles. The van der Waals surface area contributed by atoms with Crippen LogP contribution in [0.1, 0.15) is 25.3 Å². The van der Waals surface area contributed by atoms with Gasteiger partial charge in [-0.25, -0.2) is 4.39 Å². The van der Waals surface area contributed by atoms with E-state index in [2.05, 4.69) is 20.8 Å². The van der Waals surface area contributed by atoms with E-state index in [4.69, 9.17) is 9.47 Å². The largest absolute Gasteiger partial charge is 0.454 e. The van der Waals surface area contributed by atoms with Crippen molar-refractivity contribution < 1.29 is 23.5 Å². The second-order valence-electron chi connectivity index (χ2n) is 7.26. The van der Waals surface area contributed by atoms with Crippen LogP contribution in [-0.4, -0.2) is 34.7 Å². The summed E-state index contributed by atoms with van der Waals surface area (Å²) in [7, 11) is 0. The fourth-order valence-corrected chi connectivity index (χ4v) is 4.05. The average molecular weight is 456 g/mol. The summed E-state index contributed by atoms with van der Waals surface area (Å²) in [6, 6.07) is 11.7. The van der Waals surface area contributed by atoms with Crippen LogP contribution in [-0.2, 0) is 16.0 Å². The highest BCUT2D eigenvalue weighted by molar-refractivity contribution is 8.15. The third kappa shape index (κ3) is 5.44. The summed E-state index contributed by atoms with van der Waals surface area (Å²) in [6.07, 6.45) is 1.37. The van der Waals surface area contributed by atoms with Crippen LogP contribution in [0, 0.1) is 5.82 Å². The van der Waals surface area contributed by atoms with Gasteiger partial charge in [-0.1, -0.05) is 30.0 Å². The van der Waals surface area contributed by atoms with Crippen LogP contribution in [0.5, 0.6) is 11.5 Å². The maximum Gasteiger partial charge on any atom is 0.238 e. The molecule has 2 amide bonds.